The number of alkyl halides is 3. The number of anilines is 1. The molecule has 1 fully saturated rings. The van der Waals surface area contributed by atoms with Crippen LogP contribution in [-0.2, 0) is 6.18 Å². The highest BCUT2D eigenvalue weighted by Crippen LogP contribution is 2.35. The van der Waals surface area contributed by atoms with Crippen molar-refractivity contribution in [1.82, 2.24) is 5.32 Å². The van der Waals surface area contributed by atoms with E-state index in [0.29, 0.717) is 16.2 Å². The van der Waals surface area contributed by atoms with E-state index in [1.165, 1.54) is 6.07 Å². The maximum atomic E-state index is 12.8. The second-order valence-electron chi connectivity index (χ2n) is 4.69. The van der Waals surface area contributed by atoms with E-state index in [9.17, 15) is 13.2 Å². The monoisotopic (exact) mass is 336 g/mol. The molecule has 2 rings (SSSR count). The smallest absolute Gasteiger partial charge is 0.370 e. The van der Waals surface area contributed by atoms with Gasteiger partial charge in [0.25, 0.3) is 0 Å². The summed E-state index contributed by atoms with van der Waals surface area (Å²) >= 11 is 3.16. The fraction of sp³-hybridized carbons (Fsp3) is 0.538. The SMILES string of the molecule is CCNC1CCN(c2cc(Br)cc(C(F)(F)F)c2)C1. The predicted molar refractivity (Wildman–Crippen MR) is 73.4 cm³/mol. The minimum absolute atomic E-state index is 0.360. The van der Waals surface area contributed by atoms with Crippen LogP contribution in [0.5, 0.6) is 0 Å². The van der Waals surface area contributed by atoms with Crippen LogP contribution in [0.25, 0.3) is 0 Å². The number of hydrogen-bond acceptors (Lipinski definition) is 2. The highest BCUT2D eigenvalue weighted by atomic mass is 79.9. The van der Waals surface area contributed by atoms with Crippen molar-refractivity contribution in [1.29, 1.82) is 0 Å². The van der Waals surface area contributed by atoms with Crippen molar-refractivity contribution < 1.29 is 13.2 Å². The van der Waals surface area contributed by atoms with Crippen LogP contribution in [0.4, 0.5) is 18.9 Å². The Kier molecular flexibility index (Phi) is 4.40. The molecule has 0 aliphatic carbocycles. The molecule has 0 spiro atoms. The fourth-order valence-corrected chi connectivity index (χ4v) is 2.85. The summed E-state index contributed by atoms with van der Waals surface area (Å²) in [6.45, 7) is 4.45. The van der Waals surface area contributed by atoms with Crippen LogP contribution in [0.2, 0.25) is 0 Å². The summed E-state index contributed by atoms with van der Waals surface area (Å²) in [4.78, 5) is 1.99. The van der Waals surface area contributed by atoms with Crippen LogP contribution in [0.3, 0.4) is 0 Å². The molecule has 19 heavy (non-hydrogen) atoms. The number of nitrogens with one attached hydrogen (secondary N) is 1. The topological polar surface area (TPSA) is 15.3 Å². The first kappa shape index (κ1) is 14.7. The predicted octanol–water partition coefficient (Wildman–Crippen LogP) is 3.66. The Labute approximate surface area is 119 Å². The van der Waals surface area contributed by atoms with Crippen molar-refractivity contribution in [2.24, 2.45) is 0 Å². The first-order chi connectivity index (χ1) is 8.90. The highest BCUT2D eigenvalue weighted by Gasteiger charge is 2.32. The highest BCUT2D eigenvalue weighted by molar-refractivity contribution is 9.10. The summed E-state index contributed by atoms with van der Waals surface area (Å²) < 4.78 is 38.8. The van der Waals surface area contributed by atoms with Crippen LogP contribution < -0.4 is 10.2 Å². The first-order valence-electron chi connectivity index (χ1n) is 6.26. The summed E-state index contributed by atoms with van der Waals surface area (Å²) in [6.07, 6.45) is -3.35. The minimum atomic E-state index is -4.31. The molecule has 2 nitrogen and oxygen atoms in total. The molecule has 0 saturated carbocycles. The lowest BCUT2D eigenvalue weighted by Crippen LogP contribution is -2.32. The Hall–Kier alpha value is -0.750. The van der Waals surface area contributed by atoms with Crippen molar-refractivity contribution in [3.63, 3.8) is 0 Å². The molecule has 0 aromatic heterocycles. The minimum Gasteiger partial charge on any atom is -0.370 e. The van der Waals surface area contributed by atoms with Gasteiger partial charge in [0.2, 0.25) is 0 Å². The molecule has 0 amide bonds. The fourth-order valence-electron chi connectivity index (χ4n) is 2.37. The maximum absolute atomic E-state index is 12.8. The lowest BCUT2D eigenvalue weighted by atomic mass is 10.2. The third kappa shape index (κ3) is 3.63. The van der Waals surface area contributed by atoms with Crippen LogP contribution in [0, 0.1) is 0 Å². The standard InChI is InChI=1S/C13H16BrF3N2/c1-2-18-11-3-4-19(8-11)12-6-9(13(15,16)17)5-10(14)7-12/h5-7,11,18H,2-4,8H2,1H3. The zero-order chi connectivity index (χ0) is 14.0. The lowest BCUT2D eigenvalue weighted by Gasteiger charge is -2.21. The van der Waals surface area contributed by atoms with Crippen molar-refractivity contribution in [2.45, 2.75) is 25.6 Å². The van der Waals surface area contributed by atoms with E-state index in [4.69, 9.17) is 0 Å². The Morgan fingerprint density at radius 3 is 2.74 bits per heavy atom. The first-order valence-corrected chi connectivity index (χ1v) is 7.05. The number of rotatable bonds is 3. The Balaban J connectivity index is 2.19. The molecule has 106 valence electrons. The molecule has 1 N–H and O–H groups in total. The quantitative estimate of drug-likeness (QED) is 0.906. The van der Waals surface area contributed by atoms with Gasteiger partial charge < -0.3 is 10.2 Å². The number of halogens is 4. The Morgan fingerprint density at radius 2 is 2.11 bits per heavy atom. The van der Waals surface area contributed by atoms with Gasteiger partial charge in [0.1, 0.15) is 0 Å². The van der Waals surface area contributed by atoms with Gasteiger partial charge in [0.15, 0.2) is 0 Å². The van der Waals surface area contributed by atoms with Gasteiger partial charge in [-0.15, -0.1) is 0 Å². The number of hydrogen-bond donors (Lipinski definition) is 1. The third-order valence-corrected chi connectivity index (χ3v) is 3.71. The van der Waals surface area contributed by atoms with Gasteiger partial charge in [0, 0.05) is 29.3 Å². The summed E-state index contributed by atoms with van der Waals surface area (Å²) in [7, 11) is 0. The molecule has 1 aromatic carbocycles. The Morgan fingerprint density at radius 1 is 1.37 bits per heavy atom. The summed E-state index contributed by atoms with van der Waals surface area (Å²) in [5.41, 5.74) is 0.0193. The molecule has 1 aliphatic heterocycles. The van der Waals surface area contributed by atoms with E-state index in [1.54, 1.807) is 6.07 Å². The van der Waals surface area contributed by atoms with Crippen molar-refractivity contribution >= 4 is 21.6 Å². The Bertz CT molecular complexity index is 448. The third-order valence-electron chi connectivity index (χ3n) is 3.26. The lowest BCUT2D eigenvalue weighted by molar-refractivity contribution is -0.137. The zero-order valence-corrected chi connectivity index (χ0v) is 12.2. The van der Waals surface area contributed by atoms with E-state index in [1.807, 2.05) is 11.8 Å². The van der Waals surface area contributed by atoms with Gasteiger partial charge in [-0.2, -0.15) is 13.2 Å². The molecule has 1 aromatic rings. The molecular weight excluding hydrogens is 321 g/mol. The van der Waals surface area contributed by atoms with Gasteiger partial charge in [-0.25, -0.2) is 0 Å². The van der Waals surface area contributed by atoms with Gasteiger partial charge >= 0.3 is 6.18 Å². The second-order valence-corrected chi connectivity index (χ2v) is 5.60. The molecule has 1 atom stereocenters. The summed E-state index contributed by atoms with van der Waals surface area (Å²) in [5, 5.41) is 3.33. The van der Waals surface area contributed by atoms with Crippen LogP contribution in [0.15, 0.2) is 22.7 Å². The molecule has 1 saturated heterocycles. The van der Waals surface area contributed by atoms with Crippen molar-refractivity contribution in [3.05, 3.63) is 28.2 Å². The van der Waals surface area contributed by atoms with Crippen LogP contribution in [-0.4, -0.2) is 25.7 Å². The van der Waals surface area contributed by atoms with E-state index < -0.39 is 11.7 Å². The number of benzene rings is 1. The molecule has 0 radical (unpaired) electrons. The molecule has 1 aliphatic rings. The maximum Gasteiger partial charge on any atom is 0.416 e. The van der Waals surface area contributed by atoms with E-state index in [-0.39, 0.29) is 0 Å². The molecule has 1 unspecified atom stereocenters. The molecule has 1 heterocycles. The molecule has 0 bridgehead atoms. The second kappa shape index (κ2) is 5.71. The van der Waals surface area contributed by atoms with Gasteiger partial charge in [-0.3, -0.25) is 0 Å². The molecular formula is C13H16BrF3N2. The van der Waals surface area contributed by atoms with Crippen LogP contribution >= 0.6 is 15.9 Å². The van der Waals surface area contributed by atoms with Gasteiger partial charge in [0.05, 0.1) is 5.56 Å². The number of likely N-dealkylation sites (N-methyl/N-ethyl adjacent to an activating group) is 1. The number of nitrogens with zero attached hydrogens (tertiary/aromatic N) is 1. The normalized spacial score (nSPS) is 20.1. The average Bonchev–Trinajstić information content (AvgIpc) is 2.76. The van der Waals surface area contributed by atoms with E-state index in [2.05, 4.69) is 21.2 Å². The zero-order valence-electron chi connectivity index (χ0n) is 10.6. The average molecular weight is 337 g/mol. The van der Waals surface area contributed by atoms with Crippen LogP contribution in [0.1, 0.15) is 18.9 Å². The van der Waals surface area contributed by atoms with Gasteiger partial charge in [-0.1, -0.05) is 22.9 Å². The van der Waals surface area contributed by atoms with Crippen molar-refractivity contribution in [2.75, 3.05) is 24.5 Å². The van der Waals surface area contributed by atoms with Crippen molar-refractivity contribution in [3.8, 4) is 0 Å². The summed E-state index contributed by atoms with van der Waals surface area (Å²) in [6, 6.07) is 4.43. The largest absolute Gasteiger partial charge is 0.416 e. The van der Waals surface area contributed by atoms with Gasteiger partial charge in [-0.05, 0) is 31.2 Å². The van der Waals surface area contributed by atoms with E-state index >= 15 is 0 Å². The molecule has 6 heteroatoms. The van der Waals surface area contributed by atoms with E-state index in [0.717, 1.165) is 32.1 Å². The summed E-state index contributed by atoms with van der Waals surface area (Å²) in [5.74, 6) is 0.